The predicted molar refractivity (Wildman–Crippen MR) is 72.7 cm³/mol. The van der Waals surface area contributed by atoms with Gasteiger partial charge in [-0.3, -0.25) is 0 Å². The molecule has 0 spiro atoms. The van der Waals surface area contributed by atoms with Crippen molar-refractivity contribution in [3.63, 3.8) is 0 Å². The molecule has 2 nitrogen and oxygen atoms in total. The van der Waals surface area contributed by atoms with Crippen LogP contribution >= 0.6 is 0 Å². The average molecular weight is 230 g/mol. The number of benzene rings is 1. The first-order chi connectivity index (χ1) is 8.24. The van der Waals surface area contributed by atoms with Gasteiger partial charge in [-0.15, -0.1) is 0 Å². The number of piperazine rings is 1. The molecule has 2 fully saturated rings. The first-order valence-corrected chi connectivity index (χ1v) is 6.82. The van der Waals surface area contributed by atoms with Crippen molar-refractivity contribution in [2.24, 2.45) is 0 Å². The smallest absolute Gasteiger partial charge is 0.0443 e. The van der Waals surface area contributed by atoms with Crippen LogP contribution in [0, 0.1) is 13.8 Å². The Morgan fingerprint density at radius 3 is 2.65 bits per heavy atom. The van der Waals surface area contributed by atoms with Crippen LogP contribution in [0.3, 0.4) is 0 Å². The summed E-state index contributed by atoms with van der Waals surface area (Å²) in [6.07, 6.45) is 4.08. The molecule has 1 aliphatic heterocycles. The molecule has 0 aromatic heterocycles. The second kappa shape index (κ2) is 4.34. The van der Waals surface area contributed by atoms with Gasteiger partial charge >= 0.3 is 0 Å². The highest BCUT2D eigenvalue weighted by Gasteiger charge is 2.34. The van der Waals surface area contributed by atoms with Gasteiger partial charge in [0.15, 0.2) is 0 Å². The molecule has 2 atom stereocenters. The van der Waals surface area contributed by atoms with Crippen LogP contribution in [0.25, 0.3) is 0 Å². The molecule has 0 bridgehead atoms. The lowest BCUT2D eigenvalue weighted by Crippen LogP contribution is -2.55. The summed E-state index contributed by atoms with van der Waals surface area (Å²) in [7, 11) is 0. The molecule has 2 aliphatic rings. The number of hydrogen-bond acceptors (Lipinski definition) is 2. The minimum atomic E-state index is 0.726. The number of rotatable bonds is 1. The number of fused-ring (bicyclic) bond motifs is 1. The Morgan fingerprint density at radius 1 is 1.12 bits per heavy atom. The maximum Gasteiger partial charge on any atom is 0.0443 e. The van der Waals surface area contributed by atoms with Crippen molar-refractivity contribution in [2.75, 3.05) is 18.0 Å². The van der Waals surface area contributed by atoms with E-state index < -0.39 is 0 Å². The molecule has 2 heteroatoms. The van der Waals surface area contributed by atoms with Crippen LogP contribution < -0.4 is 10.2 Å². The van der Waals surface area contributed by atoms with E-state index >= 15 is 0 Å². The summed E-state index contributed by atoms with van der Waals surface area (Å²) in [6, 6.07) is 8.40. The molecule has 92 valence electrons. The number of nitrogens with one attached hydrogen (secondary N) is 1. The minimum absolute atomic E-state index is 0.726. The van der Waals surface area contributed by atoms with Gasteiger partial charge in [-0.1, -0.05) is 6.07 Å². The third-order valence-corrected chi connectivity index (χ3v) is 4.18. The summed E-state index contributed by atoms with van der Waals surface area (Å²) in [5, 5.41) is 3.67. The normalized spacial score (nSPS) is 28.2. The van der Waals surface area contributed by atoms with Crippen molar-refractivity contribution in [1.82, 2.24) is 5.32 Å². The molecule has 17 heavy (non-hydrogen) atoms. The van der Waals surface area contributed by atoms with Crippen LogP contribution in [0.4, 0.5) is 5.69 Å². The van der Waals surface area contributed by atoms with E-state index in [-0.39, 0.29) is 0 Å². The molecule has 1 aliphatic carbocycles. The van der Waals surface area contributed by atoms with Gasteiger partial charge < -0.3 is 10.2 Å². The van der Waals surface area contributed by atoms with Crippen LogP contribution in [0.2, 0.25) is 0 Å². The van der Waals surface area contributed by atoms with E-state index in [1.807, 2.05) is 0 Å². The van der Waals surface area contributed by atoms with Crippen molar-refractivity contribution < 1.29 is 0 Å². The molecule has 3 rings (SSSR count). The molecule has 0 amide bonds. The van der Waals surface area contributed by atoms with E-state index in [1.165, 1.54) is 36.1 Å². The zero-order valence-corrected chi connectivity index (χ0v) is 10.9. The second-order valence-electron chi connectivity index (χ2n) is 5.60. The Labute approximate surface area is 104 Å². The highest BCUT2D eigenvalue weighted by Crippen LogP contribution is 2.31. The molecular formula is C15H22N2. The summed E-state index contributed by atoms with van der Waals surface area (Å²) >= 11 is 0. The first kappa shape index (κ1) is 11.1. The molecule has 0 radical (unpaired) electrons. The summed E-state index contributed by atoms with van der Waals surface area (Å²) < 4.78 is 0. The van der Waals surface area contributed by atoms with Crippen LogP contribution in [0.1, 0.15) is 30.4 Å². The van der Waals surface area contributed by atoms with E-state index in [1.54, 1.807) is 0 Å². The van der Waals surface area contributed by atoms with Crippen molar-refractivity contribution >= 4 is 5.69 Å². The van der Waals surface area contributed by atoms with Gasteiger partial charge in [0.05, 0.1) is 0 Å². The Balaban J connectivity index is 1.91. The molecule has 1 saturated heterocycles. The predicted octanol–water partition coefficient (Wildman–Crippen LogP) is 2.63. The van der Waals surface area contributed by atoms with Crippen LogP contribution in [0.15, 0.2) is 18.2 Å². The molecule has 2 unspecified atom stereocenters. The van der Waals surface area contributed by atoms with Crippen molar-refractivity contribution in [1.29, 1.82) is 0 Å². The molecule has 1 aromatic rings. The Bertz CT molecular complexity index is 393. The fraction of sp³-hybridized carbons (Fsp3) is 0.600. The van der Waals surface area contributed by atoms with Gasteiger partial charge in [0, 0.05) is 30.9 Å². The number of hydrogen-bond donors (Lipinski definition) is 1. The first-order valence-electron chi connectivity index (χ1n) is 6.82. The van der Waals surface area contributed by atoms with Crippen LogP contribution in [0.5, 0.6) is 0 Å². The summed E-state index contributed by atoms with van der Waals surface area (Å²) in [5.74, 6) is 0. The largest absolute Gasteiger partial charge is 0.366 e. The lowest BCUT2D eigenvalue weighted by Gasteiger charge is -2.40. The van der Waals surface area contributed by atoms with E-state index in [4.69, 9.17) is 0 Å². The third-order valence-electron chi connectivity index (χ3n) is 4.18. The minimum Gasteiger partial charge on any atom is -0.366 e. The van der Waals surface area contributed by atoms with E-state index in [9.17, 15) is 0 Å². The third kappa shape index (κ3) is 2.06. The summed E-state index contributed by atoms with van der Waals surface area (Å²) in [6.45, 7) is 6.69. The van der Waals surface area contributed by atoms with Crippen molar-refractivity contribution in [3.8, 4) is 0 Å². The van der Waals surface area contributed by atoms with Crippen molar-refractivity contribution in [2.45, 2.75) is 45.2 Å². The quantitative estimate of drug-likeness (QED) is 0.798. The lowest BCUT2D eigenvalue weighted by atomic mass is 10.0. The van der Waals surface area contributed by atoms with Gasteiger partial charge in [0.25, 0.3) is 0 Å². The van der Waals surface area contributed by atoms with Crippen molar-refractivity contribution in [3.05, 3.63) is 29.3 Å². The topological polar surface area (TPSA) is 15.3 Å². The number of nitrogens with zero attached hydrogens (tertiary/aromatic N) is 1. The zero-order valence-electron chi connectivity index (χ0n) is 10.9. The Morgan fingerprint density at radius 2 is 1.88 bits per heavy atom. The fourth-order valence-electron chi connectivity index (χ4n) is 3.52. The van der Waals surface area contributed by atoms with Gasteiger partial charge in [-0.2, -0.15) is 0 Å². The Kier molecular flexibility index (Phi) is 2.83. The molecule has 1 saturated carbocycles. The van der Waals surface area contributed by atoms with E-state index in [0.717, 1.165) is 25.2 Å². The summed E-state index contributed by atoms with van der Waals surface area (Å²) in [4.78, 5) is 2.63. The molecular weight excluding hydrogens is 208 g/mol. The monoisotopic (exact) mass is 230 g/mol. The zero-order chi connectivity index (χ0) is 11.8. The van der Waals surface area contributed by atoms with E-state index in [0.29, 0.717) is 0 Å². The maximum atomic E-state index is 3.67. The van der Waals surface area contributed by atoms with E-state index in [2.05, 4.69) is 42.3 Å². The fourth-order valence-corrected chi connectivity index (χ4v) is 3.52. The highest BCUT2D eigenvalue weighted by atomic mass is 15.2. The van der Waals surface area contributed by atoms with Crippen LogP contribution in [-0.2, 0) is 0 Å². The van der Waals surface area contributed by atoms with Crippen LogP contribution in [-0.4, -0.2) is 25.2 Å². The standard InChI is InChI=1S/C15H22N2/c1-11-8-12(2)10-13(9-11)17-7-6-16-14-4-3-5-15(14)17/h8-10,14-16H,3-7H2,1-2H3. The Hall–Kier alpha value is -1.02. The van der Waals surface area contributed by atoms with Gasteiger partial charge in [-0.25, -0.2) is 0 Å². The maximum absolute atomic E-state index is 3.67. The summed E-state index contributed by atoms with van der Waals surface area (Å²) in [5.41, 5.74) is 4.20. The molecule has 1 aromatic carbocycles. The molecule has 1 N–H and O–H groups in total. The highest BCUT2D eigenvalue weighted by molar-refractivity contribution is 5.52. The van der Waals surface area contributed by atoms with Gasteiger partial charge in [-0.05, 0) is 56.4 Å². The number of aryl methyl sites for hydroxylation is 2. The lowest BCUT2D eigenvalue weighted by molar-refractivity contribution is 0.404. The number of anilines is 1. The van der Waals surface area contributed by atoms with Gasteiger partial charge in [0.2, 0.25) is 0 Å². The van der Waals surface area contributed by atoms with Gasteiger partial charge in [0.1, 0.15) is 0 Å². The second-order valence-corrected chi connectivity index (χ2v) is 5.60. The SMILES string of the molecule is Cc1cc(C)cc(N2CCNC3CCCC32)c1. The molecule has 1 heterocycles. The average Bonchev–Trinajstić information content (AvgIpc) is 2.75.